The molecule has 0 aliphatic heterocycles. The molecule has 7 aromatic carbocycles. The van der Waals surface area contributed by atoms with Gasteiger partial charge in [-0.2, -0.15) is 0 Å². The first-order valence-corrected chi connectivity index (χ1v) is 17.7. The molecule has 2 heterocycles. The molecule has 0 atom stereocenters. The molecule has 3 heteroatoms. The van der Waals surface area contributed by atoms with Gasteiger partial charge < -0.3 is 0 Å². The van der Waals surface area contributed by atoms with Gasteiger partial charge >= 0.3 is 0 Å². The lowest BCUT2D eigenvalue weighted by molar-refractivity contribution is 1.01. The molecule has 2 aromatic heterocycles. The van der Waals surface area contributed by atoms with Crippen LogP contribution >= 0.6 is 11.3 Å². The summed E-state index contributed by atoms with van der Waals surface area (Å²) < 4.78 is 1.35. The summed E-state index contributed by atoms with van der Waals surface area (Å²) in [7, 11) is 0. The molecule has 0 N–H and O–H groups in total. The second kappa shape index (κ2) is 11.4. The Balaban J connectivity index is 1.23. The Labute approximate surface area is 288 Å². The zero-order chi connectivity index (χ0) is 32.3. The first kappa shape index (κ1) is 28.1. The van der Waals surface area contributed by atoms with Crippen LogP contribution in [0.15, 0.2) is 152 Å². The van der Waals surface area contributed by atoms with E-state index in [0.29, 0.717) is 0 Å². The molecule has 1 aliphatic rings. The molecule has 0 bridgehead atoms. The number of hydrogen-bond donors (Lipinski definition) is 0. The van der Waals surface area contributed by atoms with Gasteiger partial charge in [-0.05, 0) is 80.6 Å². The van der Waals surface area contributed by atoms with Crippen molar-refractivity contribution < 1.29 is 0 Å². The van der Waals surface area contributed by atoms with Gasteiger partial charge in [-0.1, -0.05) is 133 Å². The maximum atomic E-state index is 5.52. The molecule has 0 fully saturated rings. The number of thiophene rings is 1. The zero-order valence-electron chi connectivity index (χ0n) is 26.7. The number of benzene rings is 7. The van der Waals surface area contributed by atoms with Gasteiger partial charge in [-0.25, -0.2) is 4.98 Å². The van der Waals surface area contributed by atoms with E-state index in [1.165, 1.54) is 64.7 Å². The molecule has 0 saturated heterocycles. The molecule has 2 nitrogen and oxygen atoms in total. The minimum absolute atomic E-state index is 0.881. The summed E-state index contributed by atoms with van der Waals surface area (Å²) in [6.07, 6.45) is 8.79. The fraction of sp³-hybridized carbons (Fsp3) is 0.0435. The number of fused-ring (bicyclic) bond motifs is 9. The van der Waals surface area contributed by atoms with Gasteiger partial charge in [0.2, 0.25) is 0 Å². The number of rotatable bonds is 4. The van der Waals surface area contributed by atoms with Crippen molar-refractivity contribution in [1.82, 2.24) is 9.97 Å². The molecule has 1 aliphatic carbocycles. The molecule has 0 radical (unpaired) electrons. The third kappa shape index (κ3) is 4.62. The van der Waals surface area contributed by atoms with Crippen molar-refractivity contribution in [2.75, 3.05) is 0 Å². The summed E-state index contributed by atoms with van der Waals surface area (Å²) in [6, 6.07) is 50.2. The molecule has 0 spiro atoms. The van der Waals surface area contributed by atoms with E-state index in [-0.39, 0.29) is 0 Å². The molecule has 0 amide bonds. The fourth-order valence-corrected chi connectivity index (χ4v) is 8.94. The van der Waals surface area contributed by atoms with Crippen LogP contribution in [0.25, 0.3) is 93.4 Å². The maximum Gasteiger partial charge on any atom is 0.0979 e. The molecule has 230 valence electrons. The summed E-state index contributed by atoms with van der Waals surface area (Å²) in [4.78, 5) is 12.2. The number of hydrogen-bond acceptors (Lipinski definition) is 3. The van der Waals surface area contributed by atoms with E-state index in [1.807, 2.05) is 17.5 Å². The predicted molar refractivity (Wildman–Crippen MR) is 209 cm³/mol. The lowest BCUT2D eigenvalue weighted by atomic mass is 9.93. The summed E-state index contributed by atoms with van der Waals surface area (Å²) in [5.74, 6) is 0. The van der Waals surface area contributed by atoms with Crippen LogP contribution in [0.1, 0.15) is 16.9 Å². The van der Waals surface area contributed by atoms with Crippen LogP contribution < -0.4 is 0 Å². The fourth-order valence-electron chi connectivity index (χ4n) is 7.63. The normalized spacial score (nSPS) is 12.7. The summed E-state index contributed by atoms with van der Waals surface area (Å²) in [6.45, 7) is 0. The highest BCUT2D eigenvalue weighted by atomic mass is 32.1. The maximum absolute atomic E-state index is 5.52. The molecular weight excluding hydrogens is 613 g/mol. The van der Waals surface area contributed by atoms with Crippen molar-refractivity contribution in [3.05, 3.63) is 162 Å². The summed E-state index contributed by atoms with van der Waals surface area (Å²) in [5, 5.41) is 5.98. The topological polar surface area (TPSA) is 25.8 Å². The number of aromatic nitrogens is 2. The Morgan fingerprint density at radius 1 is 0.490 bits per heavy atom. The van der Waals surface area contributed by atoms with E-state index in [0.717, 1.165) is 45.9 Å². The van der Waals surface area contributed by atoms with Crippen molar-refractivity contribution in [2.24, 2.45) is 0 Å². The number of aryl methyl sites for hydroxylation is 1. The number of allylic oxidation sites excluding steroid dienone is 1. The first-order valence-electron chi connectivity index (χ1n) is 16.9. The van der Waals surface area contributed by atoms with Crippen LogP contribution in [0.2, 0.25) is 0 Å². The zero-order valence-corrected chi connectivity index (χ0v) is 27.5. The third-order valence-corrected chi connectivity index (χ3v) is 11.2. The second-order valence-electron chi connectivity index (χ2n) is 12.8. The van der Waals surface area contributed by atoms with E-state index in [1.54, 1.807) is 0 Å². The molecular formula is C46H30N2S. The van der Waals surface area contributed by atoms with Crippen LogP contribution in [0.5, 0.6) is 0 Å². The van der Waals surface area contributed by atoms with Gasteiger partial charge in [0, 0.05) is 31.5 Å². The van der Waals surface area contributed by atoms with Crippen molar-refractivity contribution in [3.63, 3.8) is 0 Å². The summed E-state index contributed by atoms with van der Waals surface area (Å²) in [5.41, 5.74) is 12.5. The number of nitrogens with zero attached hydrogens (tertiary/aromatic N) is 2. The van der Waals surface area contributed by atoms with Crippen LogP contribution in [0, 0.1) is 0 Å². The van der Waals surface area contributed by atoms with Crippen molar-refractivity contribution >= 4 is 60.1 Å². The third-order valence-electron chi connectivity index (χ3n) is 10.00. The average molecular weight is 643 g/mol. The smallest absolute Gasteiger partial charge is 0.0979 e. The van der Waals surface area contributed by atoms with E-state index in [9.17, 15) is 0 Å². The Kier molecular flexibility index (Phi) is 6.53. The van der Waals surface area contributed by atoms with Crippen LogP contribution in [-0.2, 0) is 6.42 Å². The lowest BCUT2D eigenvalue weighted by Crippen LogP contribution is -1.95. The molecule has 0 saturated carbocycles. The van der Waals surface area contributed by atoms with Crippen LogP contribution in [0.3, 0.4) is 0 Å². The Morgan fingerprint density at radius 3 is 1.84 bits per heavy atom. The van der Waals surface area contributed by atoms with Crippen LogP contribution in [-0.4, -0.2) is 9.97 Å². The predicted octanol–water partition coefficient (Wildman–Crippen LogP) is 12.8. The Morgan fingerprint density at radius 2 is 1.12 bits per heavy atom. The Hall–Kier alpha value is -5.90. The molecule has 9 aromatic rings. The summed E-state index contributed by atoms with van der Waals surface area (Å²) >= 11 is 1.91. The Bertz CT molecular complexity index is 2760. The molecule has 49 heavy (non-hydrogen) atoms. The quantitative estimate of drug-likeness (QED) is 0.179. The molecule has 10 rings (SSSR count). The van der Waals surface area contributed by atoms with Gasteiger partial charge in [0.15, 0.2) is 0 Å². The van der Waals surface area contributed by atoms with E-state index < -0.39 is 0 Å². The average Bonchev–Trinajstić information content (AvgIpc) is 3.57. The van der Waals surface area contributed by atoms with Crippen LogP contribution in [0.4, 0.5) is 0 Å². The van der Waals surface area contributed by atoms with Gasteiger partial charge in [-0.15, -0.1) is 11.3 Å². The van der Waals surface area contributed by atoms with Gasteiger partial charge in [0.05, 0.1) is 22.9 Å². The van der Waals surface area contributed by atoms with Crippen molar-refractivity contribution in [3.8, 4) is 44.6 Å². The van der Waals surface area contributed by atoms with Gasteiger partial charge in [-0.3, -0.25) is 4.98 Å². The monoisotopic (exact) mass is 642 g/mol. The highest BCUT2D eigenvalue weighted by Crippen LogP contribution is 2.44. The highest BCUT2D eigenvalue weighted by Gasteiger charge is 2.19. The largest absolute Gasteiger partial charge is 0.252 e. The van der Waals surface area contributed by atoms with Gasteiger partial charge in [0.1, 0.15) is 0 Å². The van der Waals surface area contributed by atoms with E-state index in [2.05, 4.69) is 152 Å². The van der Waals surface area contributed by atoms with E-state index >= 15 is 0 Å². The SMILES string of the molecule is C1=Cc2sc3c(-c4ccccc4-c4cnc5c6cc(-c7ccccc7)ccc6c6ccc(-c7ccccc7)cc6c5n4)cccc3c2CC1. The molecule has 0 unspecified atom stereocenters. The van der Waals surface area contributed by atoms with Crippen molar-refractivity contribution in [1.29, 1.82) is 0 Å². The highest BCUT2D eigenvalue weighted by molar-refractivity contribution is 7.20. The van der Waals surface area contributed by atoms with E-state index in [4.69, 9.17) is 9.97 Å². The van der Waals surface area contributed by atoms with Crippen molar-refractivity contribution in [2.45, 2.75) is 12.8 Å². The minimum Gasteiger partial charge on any atom is -0.252 e. The lowest BCUT2D eigenvalue weighted by Gasteiger charge is -2.15. The second-order valence-corrected chi connectivity index (χ2v) is 13.9. The minimum atomic E-state index is 0.881. The first-order chi connectivity index (χ1) is 24.3. The van der Waals surface area contributed by atoms with Gasteiger partial charge in [0.25, 0.3) is 0 Å². The standard InChI is InChI=1S/C46H30N2S/c1-3-12-29(13-4-1)31-22-24-34-35-25-23-32(30-14-5-2-6-15-30)27-41(35)45-44(40(34)26-31)47-28-42(48-45)36-17-8-7-16-33(36)38-19-11-20-39-37-18-9-10-21-43(37)49-46(38)39/h1-8,10-17,19-28H,9,18H2.